The normalized spacial score (nSPS) is 21.8. The molecule has 0 aromatic carbocycles. The van der Waals surface area contributed by atoms with Gasteiger partial charge in [-0.3, -0.25) is 0 Å². The summed E-state index contributed by atoms with van der Waals surface area (Å²) in [6.45, 7) is 0. The monoisotopic (exact) mass is 164 g/mol. The number of nitrogens with one attached hydrogen (secondary N) is 1. The number of rotatable bonds is 1. The first-order chi connectivity index (χ1) is 5.83. The smallest absolute Gasteiger partial charge is 0.127 e. The Labute approximate surface area is 71.0 Å². The quantitative estimate of drug-likeness (QED) is 0.613. The van der Waals surface area contributed by atoms with Crippen LogP contribution in [-0.2, 0) is 11.2 Å². The van der Waals surface area contributed by atoms with Gasteiger partial charge in [0.1, 0.15) is 6.29 Å². The van der Waals surface area contributed by atoms with E-state index in [1.807, 2.05) is 0 Å². The number of nitrogen functional groups attached to an aromatic ring is 1. The van der Waals surface area contributed by atoms with Crippen LogP contribution in [0.5, 0.6) is 0 Å². The van der Waals surface area contributed by atoms with Crippen molar-refractivity contribution in [2.75, 3.05) is 5.73 Å². The second kappa shape index (κ2) is 2.66. The Hall–Kier alpha value is -1.25. The zero-order valence-corrected chi connectivity index (χ0v) is 6.84. The summed E-state index contributed by atoms with van der Waals surface area (Å²) >= 11 is 0. The minimum Gasteiger partial charge on any atom is -0.397 e. The van der Waals surface area contributed by atoms with Crippen molar-refractivity contribution < 1.29 is 4.79 Å². The second-order valence-electron chi connectivity index (χ2n) is 3.27. The van der Waals surface area contributed by atoms with Crippen molar-refractivity contribution in [1.82, 2.24) is 4.98 Å². The maximum Gasteiger partial charge on any atom is 0.127 e. The molecular formula is C9H12N2O. The largest absolute Gasteiger partial charge is 0.397 e. The molecule has 64 valence electrons. The van der Waals surface area contributed by atoms with Crippen molar-refractivity contribution in [3.05, 3.63) is 17.5 Å². The molecule has 1 aromatic rings. The van der Waals surface area contributed by atoms with Crippen molar-refractivity contribution in [1.29, 1.82) is 0 Å². The number of carbonyl (C=O) groups is 1. The molecule has 12 heavy (non-hydrogen) atoms. The van der Waals surface area contributed by atoms with E-state index in [0.717, 1.165) is 42.5 Å². The van der Waals surface area contributed by atoms with Crippen LogP contribution in [0.25, 0.3) is 0 Å². The number of aromatic nitrogens is 1. The van der Waals surface area contributed by atoms with Gasteiger partial charge >= 0.3 is 0 Å². The molecule has 0 spiro atoms. The lowest BCUT2D eigenvalue weighted by Crippen LogP contribution is -2.10. The zero-order chi connectivity index (χ0) is 8.55. The molecule has 0 amide bonds. The highest BCUT2D eigenvalue weighted by atomic mass is 16.1. The second-order valence-corrected chi connectivity index (χ2v) is 3.27. The summed E-state index contributed by atoms with van der Waals surface area (Å²) in [5.41, 5.74) is 8.66. The van der Waals surface area contributed by atoms with E-state index in [1.54, 1.807) is 6.20 Å². The number of aryl methyl sites for hydroxylation is 1. The van der Waals surface area contributed by atoms with E-state index in [-0.39, 0.29) is 5.92 Å². The Bertz CT molecular complexity index is 303. The molecule has 2 rings (SSSR count). The Morgan fingerprint density at radius 2 is 2.50 bits per heavy atom. The lowest BCUT2D eigenvalue weighted by atomic mass is 9.87. The van der Waals surface area contributed by atoms with E-state index in [2.05, 4.69) is 4.98 Å². The maximum absolute atomic E-state index is 10.7. The molecule has 0 saturated heterocycles. The molecule has 1 atom stereocenters. The molecule has 1 aromatic heterocycles. The number of aromatic amines is 1. The predicted molar refractivity (Wildman–Crippen MR) is 46.9 cm³/mol. The Kier molecular flexibility index (Phi) is 1.64. The van der Waals surface area contributed by atoms with Gasteiger partial charge in [-0.15, -0.1) is 0 Å². The number of hydrogen-bond acceptors (Lipinski definition) is 2. The molecule has 3 nitrogen and oxygen atoms in total. The average Bonchev–Trinajstić information content (AvgIpc) is 2.48. The fraction of sp³-hybridized carbons (Fsp3) is 0.444. The SMILES string of the molecule is Nc1c[nH]c2c1C(C=O)CCC2. The number of aldehydes is 1. The van der Waals surface area contributed by atoms with Crippen molar-refractivity contribution >= 4 is 12.0 Å². The van der Waals surface area contributed by atoms with Crippen LogP contribution in [0.4, 0.5) is 5.69 Å². The van der Waals surface area contributed by atoms with E-state index in [1.165, 1.54) is 0 Å². The molecule has 0 radical (unpaired) electrons. The number of fused-ring (bicyclic) bond motifs is 1. The molecule has 3 N–H and O–H groups in total. The molecule has 1 aliphatic carbocycles. The summed E-state index contributed by atoms with van der Waals surface area (Å²) in [6, 6.07) is 0. The third kappa shape index (κ3) is 0.932. The number of nitrogens with two attached hydrogens (primary N) is 1. The van der Waals surface area contributed by atoms with Gasteiger partial charge < -0.3 is 15.5 Å². The van der Waals surface area contributed by atoms with Gasteiger partial charge in [0.2, 0.25) is 0 Å². The van der Waals surface area contributed by atoms with Gasteiger partial charge in [-0.25, -0.2) is 0 Å². The molecule has 1 aliphatic rings. The van der Waals surface area contributed by atoms with E-state index in [9.17, 15) is 4.79 Å². The Morgan fingerprint density at radius 3 is 3.25 bits per heavy atom. The van der Waals surface area contributed by atoms with Crippen LogP contribution >= 0.6 is 0 Å². The minimum absolute atomic E-state index is 0.0278. The fourth-order valence-corrected chi connectivity index (χ4v) is 1.92. The summed E-state index contributed by atoms with van der Waals surface area (Å²) in [4.78, 5) is 13.8. The summed E-state index contributed by atoms with van der Waals surface area (Å²) in [6.07, 6.45) is 5.83. The van der Waals surface area contributed by atoms with Gasteiger partial charge in [0.15, 0.2) is 0 Å². The van der Waals surface area contributed by atoms with Crippen LogP contribution in [0.2, 0.25) is 0 Å². The van der Waals surface area contributed by atoms with Crippen molar-refractivity contribution in [2.45, 2.75) is 25.2 Å². The lowest BCUT2D eigenvalue weighted by molar-refractivity contribution is -0.109. The van der Waals surface area contributed by atoms with E-state index < -0.39 is 0 Å². The van der Waals surface area contributed by atoms with Gasteiger partial charge in [0, 0.05) is 23.4 Å². The lowest BCUT2D eigenvalue weighted by Gasteiger charge is -2.17. The first-order valence-electron chi connectivity index (χ1n) is 4.24. The van der Waals surface area contributed by atoms with Crippen LogP contribution in [-0.4, -0.2) is 11.3 Å². The van der Waals surface area contributed by atoms with Crippen LogP contribution in [0.3, 0.4) is 0 Å². The first kappa shape index (κ1) is 7.40. The number of hydrogen-bond donors (Lipinski definition) is 2. The first-order valence-corrected chi connectivity index (χ1v) is 4.24. The predicted octanol–water partition coefficient (Wildman–Crippen LogP) is 1.22. The minimum atomic E-state index is 0.0278. The van der Waals surface area contributed by atoms with Gasteiger partial charge in [0.25, 0.3) is 0 Å². The number of H-pyrrole nitrogens is 1. The molecule has 0 aliphatic heterocycles. The molecule has 1 heterocycles. The van der Waals surface area contributed by atoms with E-state index >= 15 is 0 Å². The summed E-state index contributed by atoms with van der Waals surface area (Å²) in [7, 11) is 0. The van der Waals surface area contributed by atoms with Crippen molar-refractivity contribution in [2.24, 2.45) is 0 Å². The van der Waals surface area contributed by atoms with Crippen molar-refractivity contribution in [3.63, 3.8) is 0 Å². The molecule has 1 unspecified atom stereocenters. The average molecular weight is 164 g/mol. The topological polar surface area (TPSA) is 58.9 Å². The van der Waals surface area contributed by atoms with Crippen molar-refractivity contribution in [3.8, 4) is 0 Å². The van der Waals surface area contributed by atoms with Crippen LogP contribution in [0.1, 0.15) is 30.0 Å². The number of carbonyl (C=O) groups excluding carboxylic acids is 1. The highest BCUT2D eigenvalue weighted by Crippen LogP contribution is 2.33. The van der Waals surface area contributed by atoms with Crippen LogP contribution in [0.15, 0.2) is 6.20 Å². The van der Waals surface area contributed by atoms with E-state index in [4.69, 9.17) is 5.73 Å². The Morgan fingerprint density at radius 1 is 1.67 bits per heavy atom. The van der Waals surface area contributed by atoms with Crippen LogP contribution < -0.4 is 5.73 Å². The number of anilines is 1. The zero-order valence-electron chi connectivity index (χ0n) is 6.84. The molecular weight excluding hydrogens is 152 g/mol. The fourth-order valence-electron chi connectivity index (χ4n) is 1.92. The summed E-state index contributed by atoms with van der Waals surface area (Å²) < 4.78 is 0. The third-order valence-corrected chi connectivity index (χ3v) is 2.51. The third-order valence-electron chi connectivity index (χ3n) is 2.51. The van der Waals surface area contributed by atoms with Gasteiger partial charge in [-0.1, -0.05) is 0 Å². The van der Waals surface area contributed by atoms with Gasteiger partial charge in [0.05, 0.1) is 5.69 Å². The maximum atomic E-state index is 10.7. The molecule has 0 saturated carbocycles. The van der Waals surface area contributed by atoms with Gasteiger partial charge in [-0.2, -0.15) is 0 Å². The van der Waals surface area contributed by atoms with Crippen LogP contribution in [0, 0.1) is 0 Å². The van der Waals surface area contributed by atoms with E-state index in [0.29, 0.717) is 0 Å². The molecule has 0 bridgehead atoms. The summed E-state index contributed by atoms with van der Waals surface area (Å²) in [5, 5.41) is 0. The highest BCUT2D eigenvalue weighted by Gasteiger charge is 2.22. The highest BCUT2D eigenvalue weighted by molar-refractivity contribution is 5.69. The van der Waals surface area contributed by atoms with Gasteiger partial charge in [-0.05, 0) is 19.3 Å². The molecule has 0 fully saturated rings. The molecule has 3 heteroatoms. The summed E-state index contributed by atoms with van der Waals surface area (Å²) in [5.74, 6) is 0.0278. The standard InChI is InChI=1S/C9H12N2O/c10-7-4-11-8-3-1-2-6(5-12)9(7)8/h4-6,11H,1-3,10H2. The Balaban J connectivity index is 2.47.